The van der Waals surface area contributed by atoms with Gasteiger partial charge in [0.15, 0.2) is 0 Å². The second kappa shape index (κ2) is 4.97. The number of aromatic nitrogens is 1. The van der Waals surface area contributed by atoms with Crippen molar-refractivity contribution in [2.45, 2.75) is 0 Å². The molecule has 1 aromatic carbocycles. The summed E-state index contributed by atoms with van der Waals surface area (Å²) in [6.45, 7) is 0. The fourth-order valence-electron chi connectivity index (χ4n) is 1.37. The van der Waals surface area contributed by atoms with E-state index in [1.54, 1.807) is 42.7 Å². The van der Waals surface area contributed by atoms with Crippen LogP contribution in [0.3, 0.4) is 0 Å². The molecule has 5 heteroatoms. The summed E-state index contributed by atoms with van der Waals surface area (Å²) in [5.41, 5.74) is 7.35. The molecule has 0 saturated carbocycles. The maximum Gasteiger partial charge on any atom is 0.257 e. The first-order valence-electron chi connectivity index (χ1n) is 4.93. The second-order valence-electron chi connectivity index (χ2n) is 3.42. The van der Waals surface area contributed by atoms with Crippen molar-refractivity contribution in [3.63, 3.8) is 0 Å². The Hall–Kier alpha value is -1.88. The Morgan fingerprint density at radius 1 is 1.24 bits per heavy atom. The van der Waals surface area contributed by atoms with Gasteiger partial charge in [-0.3, -0.25) is 9.78 Å². The number of rotatable bonds is 2. The van der Waals surface area contributed by atoms with E-state index in [1.165, 1.54) is 0 Å². The molecule has 0 aliphatic carbocycles. The predicted molar refractivity (Wildman–Crippen MR) is 70.7 cm³/mol. The molecule has 0 bridgehead atoms. The van der Waals surface area contributed by atoms with Gasteiger partial charge in [-0.2, -0.15) is 0 Å². The highest BCUT2D eigenvalue weighted by atomic mass is 79.9. The molecular weight excluding hydrogens is 282 g/mol. The number of nitrogens with two attached hydrogens (primary N) is 1. The van der Waals surface area contributed by atoms with Crippen LogP contribution >= 0.6 is 15.9 Å². The van der Waals surface area contributed by atoms with Gasteiger partial charge in [0.2, 0.25) is 0 Å². The lowest BCUT2D eigenvalue weighted by atomic mass is 10.1. The third-order valence-corrected chi connectivity index (χ3v) is 2.69. The van der Waals surface area contributed by atoms with Gasteiger partial charge in [0.1, 0.15) is 0 Å². The minimum atomic E-state index is -0.235. The Balaban J connectivity index is 2.21. The van der Waals surface area contributed by atoms with Crippen molar-refractivity contribution in [3.05, 3.63) is 52.8 Å². The molecule has 1 amide bonds. The molecule has 0 aliphatic rings. The molecule has 0 saturated heterocycles. The normalized spacial score (nSPS) is 9.94. The number of carbonyl (C=O) groups excluding carboxylic acids is 1. The van der Waals surface area contributed by atoms with E-state index in [-0.39, 0.29) is 5.91 Å². The summed E-state index contributed by atoms with van der Waals surface area (Å²) in [5.74, 6) is -0.235. The zero-order valence-electron chi connectivity index (χ0n) is 8.85. The number of amides is 1. The molecule has 0 aliphatic heterocycles. The lowest BCUT2D eigenvalue weighted by Crippen LogP contribution is -2.13. The highest BCUT2D eigenvalue weighted by Crippen LogP contribution is 2.19. The third-order valence-electron chi connectivity index (χ3n) is 2.20. The van der Waals surface area contributed by atoms with E-state index < -0.39 is 0 Å². The number of pyridine rings is 1. The molecule has 0 radical (unpaired) electrons. The number of nitrogens with zero attached hydrogens (tertiary/aromatic N) is 1. The van der Waals surface area contributed by atoms with Gasteiger partial charge in [-0.25, -0.2) is 0 Å². The minimum Gasteiger partial charge on any atom is -0.398 e. The minimum absolute atomic E-state index is 0.235. The molecule has 0 spiro atoms. The fraction of sp³-hybridized carbons (Fsp3) is 0. The maximum atomic E-state index is 11.9. The van der Waals surface area contributed by atoms with Crippen molar-refractivity contribution in [3.8, 4) is 0 Å². The van der Waals surface area contributed by atoms with Gasteiger partial charge in [0.25, 0.3) is 5.91 Å². The average Bonchev–Trinajstić information content (AvgIpc) is 2.30. The summed E-state index contributed by atoms with van der Waals surface area (Å²) in [7, 11) is 0. The summed E-state index contributed by atoms with van der Waals surface area (Å²) in [6, 6.07) is 8.58. The smallest absolute Gasteiger partial charge is 0.257 e. The number of hydrogen-bond donors (Lipinski definition) is 2. The van der Waals surface area contributed by atoms with Crippen LogP contribution in [-0.2, 0) is 0 Å². The Labute approximate surface area is 107 Å². The first-order valence-corrected chi connectivity index (χ1v) is 5.72. The zero-order chi connectivity index (χ0) is 12.3. The monoisotopic (exact) mass is 291 g/mol. The van der Waals surface area contributed by atoms with Crippen LogP contribution in [0.25, 0.3) is 0 Å². The van der Waals surface area contributed by atoms with Gasteiger partial charge in [-0.15, -0.1) is 0 Å². The van der Waals surface area contributed by atoms with Crippen molar-refractivity contribution in [1.82, 2.24) is 4.98 Å². The van der Waals surface area contributed by atoms with E-state index in [0.29, 0.717) is 16.9 Å². The second-order valence-corrected chi connectivity index (χ2v) is 4.34. The topological polar surface area (TPSA) is 68.0 Å². The van der Waals surface area contributed by atoms with Gasteiger partial charge >= 0.3 is 0 Å². The van der Waals surface area contributed by atoms with Crippen molar-refractivity contribution >= 4 is 33.2 Å². The number of carbonyl (C=O) groups is 1. The van der Waals surface area contributed by atoms with E-state index in [9.17, 15) is 4.79 Å². The molecule has 0 atom stereocenters. The Morgan fingerprint density at radius 2 is 1.94 bits per heavy atom. The molecular formula is C12H10BrN3O. The van der Waals surface area contributed by atoms with Gasteiger partial charge in [-0.1, -0.05) is 15.9 Å². The van der Waals surface area contributed by atoms with E-state index >= 15 is 0 Å². The summed E-state index contributed by atoms with van der Waals surface area (Å²) >= 11 is 3.29. The number of hydrogen-bond acceptors (Lipinski definition) is 3. The Kier molecular flexibility index (Phi) is 3.39. The van der Waals surface area contributed by atoms with Crippen LogP contribution in [0, 0.1) is 0 Å². The molecule has 1 heterocycles. The van der Waals surface area contributed by atoms with Crippen LogP contribution in [0.5, 0.6) is 0 Å². The van der Waals surface area contributed by atoms with Gasteiger partial charge in [-0.05, 0) is 30.3 Å². The van der Waals surface area contributed by atoms with Crippen molar-refractivity contribution in [2.75, 3.05) is 11.1 Å². The lowest BCUT2D eigenvalue weighted by molar-refractivity contribution is 0.102. The van der Waals surface area contributed by atoms with Gasteiger partial charge < -0.3 is 11.1 Å². The van der Waals surface area contributed by atoms with Crippen LogP contribution in [-0.4, -0.2) is 10.9 Å². The summed E-state index contributed by atoms with van der Waals surface area (Å²) in [5, 5.41) is 2.74. The molecule has 0 fully saturated rings. The SMILES string of the molecule is Nc1cc(Br)ccc1C(=O)Nc1ccncc1. The van der Waals surface area contributed by atoms with Gasteiger partial charge in [0, 0.05) is 28.2 Å². The van der Waals surface area contributed by atoms with Crippen LogP contribution in [0.2, 0.25) is 0 Å². The highest BCUT2D eigenvalue weighted by molar-refractivity contribution is 9.10. The fourth-order valence-corrected chi connectivity index (χ4v) is 1.75. The lowest BCUT2D eigenvalue weighted by Gasteiger charge is -2.07. The molecule has 2 rings (SSSR count). The van der Waals surface area contributed by atoms with Crippen LogP contribution in [0.4, 0.5) is 11.4 Å². The molecule has 4 nitrogen and oxygen atoms in total. The summed E-state index contributed by atoms with van der Waals surface area (Å²) in [6.07, 6.45) is 3.22. The zero-order valence-corrected chi connectivity index (χ0v) is 10.4. The largest absolute Gasteiger partial charge is 0.398 e. The number of halogens is 1. The molecule has 0 unspecified atom stereocenters. The number of anilines is 2. The first-order chi connectivity index (χ1) is 8.16. The van der Waals surface area contributed by atoms with E-state index in [2.05, 4.69) is 26.2 Å². The molecule has 3 N–H and O–H groups in total. The quantitative estimate of drug-likeness (QED) is 0.836. The Morgan fingerprint density at radius 3 is 2.59 bits per heavy atom. The van der Waals surface area contributed by atoms with Crippen molar-refractivity contribution in [2.24, 2.45) is 0 Å². The summed E-state index contributed by atoms with van der Waals surface area (Å²) < 4.78 is 0.843. The molecule has 86 valence electrons. The van der Waals surface area contributed by atoms with E-state index in [4.69, 9.17) is 5.73 Å². The number of benzene rings is 1. The number of nitrogen functional groups attached to an aromatic ring is 1. The van der Waals surface area contributed by atoms with Crippen LogP contribution in [0.1, 0.15) is 10.4 Å². The maximum absolute atomic E-state index is 11.9. The molecule has 17 heavy (non-hydrogen) atoms. The standard InChI is InChI=1S/C12H10BrN3O/c13-8-1-2-10(11(14)7-8)12(17)16-9-3-5-15-6-4-9/h1-7H,14H2,(H,15,16,17). The van der Waals surface area contributed by atoms with Gasteiger partial charge in [0.05, 0.1) is 5.56 Å². The Bertz CT molecular complexity index is 543. The van der Waals surface area contributed by atoms with Crippen LogP contribution < -0.4 is 11.1 Å². The predicted octanol–water partition coefficient (Wildman–Crippen LogP) is 2.68. The van der Waals surface area contributed by atoms with Crippen LogP contribution in [0.15, 0.2) is 47.2 Å². The third kappa shape index (κ3) is 2.82. The van der Waals surface area contributed by atoms with Crippen molar-refractivity contribution in [1.29, 1.82) is 0 Å². The van der Waals surface area contributed by atoms with E-state index in [1.807, 2.05) is 0 Å². The number of nitrogens with one attached hydrogen (secondary N) is 1. The first kappa shape index (κ1) is 11.6. The summed E-state index contributed by atoms with van der Waals surface area (Å²) in [4.78, 5) is 15.8. The average molecular weight is 292 g/mol. The highest BCUT2D eigenvalue weighted by Gasteiger charge is 2.09. The van der Waals surface area contributed by atoms with E-state index in [0.717, 1.165) is 4.47 Å². The molecule has 2 aromatic rings. The van der Waals surface area contributed by atoms with Crippen molar-refractivity contribution < 1.29 is 4.79 Å². The molecule has 1 aromatic heterocycles.